The maximum absolute atomic E-state index is 9.73. The average Bonchev–Trinajstić information content (AvgIpc) is 2.42. The minimum atomic E-state index is 0.342. The lowest BCUT2D eigenvalue weighted by Crippen LogP contribution is -1.88. The van der Waals surface area contributed by atoms with Gasteiger partial charge in [-0.15, -0.1) is 0 Å². The van der Waals surface area contributed by atoms with Gasteiger partial charge in [0.25, 0.3) is 0 Å². The van der Waals surface area contributed by atoms with Gasteiger partial charge in [0.15, 0.2) is 0 Å². The molecule has 0 heterocycles. The summed E-state index contributed by atoms with van der Waals surface area (Å²) in [5.74, 6) is 1.08. The monoisotopic (exact) mass is 255 g/mol. The predicted molar refractivity (Wildman–Crippen MR) is 77.8 cm³/mol. The van der Waals surface area contributed by atoms with Crippen LogP contribution in [0.1, 0.15) is 16.7 Å². The molecule has 98 valence electrons. The molecule has 0 aliphatic heterocycles. The smallest absolute Gasteiger partial charge is 0.144 e. The first-order chi connectivity index (χ1) is 9.11. The molecule has 19 heavy (non-hydrogen) atoms. The number of aryl methyl sites for hydroxylation is 2. The molecule has 3 nitrogen and oxygen atoms in total. The van der Waals surface area contributed by atoms with E-state index in [9.17, 15) is 5.11 Å². The van der Waals surface area contributed by atoms with E-state index in [1.54, 1.807) is 13.3 Å². The molecule has 0 aromatic heterocycles. The quantitative estimate of drug-likeness (QED) is 0.848. The average molecular weight is 255 g/mol. The zero-order valence-corrected chi connectivity index (χ0v) is 11.3. The second kappa shape index (κ2) is 5.57. The largest absolute Gasteiger partial charge is 0.507 e. The van der Waals surface area contributed by atoms with Crippen LogP contribution >= 0.6 is 0 Å². The molecule has 0 aliphatic carbocycles. The third-order valence-corrected chi connectivity index (χ3v) is 2.95. The first-order valence-electron chi connectivity index (χ1n) is 6.09. The number of hydrogen-bond acceptors (Lipinski definition) is 3. The standard InChI is InChI=1S/C16H17NO2/c1-11-8-13(9-12(2)16(11)18)10-17-14-6-4-5-7-15(14)19-3/h4-10,18H,1-3H3. The van der Waals surface area contributed by atoms with Gasteiger partial charge in [0.2, 0.25) is 0 Å². The van der Waals surface area contributed by atoms with Crippen LogP contribution in [0.4, 0.5) is 5.69 Å². The lowest BCUT2D eigenvalue weighted by atomic mass is 10.1. The fourth-order valence-corrected chi connectivity index (χ4v) is 1.94. The van der Waals surface area contributed by atoms with Crippen LogP contribution in [0.25, 0.3) is 0 Å². The number of aromatic hydroxyl groups is 1. The number of phenols is 1. The molecular formula is C16H17NO2. The van der Waals surface area contributed by atoms with E-state index in [2.05, 4.69) is 4.99 Å². The van der Waals surface area contributed by atoms with Gasteiger partial charge in [0.05, 0.1) is 7.11 Å². The summed E-state index contributed by atoms with van der Waals surface area (Å²) in [7, 11) is 1.63. The summed E-state index contributed by atoms with van der Waals surface area (Å²) < 4.78 is 5.25. The van der Waals surface area contributed by atoms with Gasteiger partial charge in [-0.1, -0.05) is 12.1 Å². The molecule has 0 atom stereocenters. The molecule has 0 fully saturated rings. The lowest BCUT2D eigenvalue weighted by Gasteiger charge is -2.05. The predicted octanol–water partition coefficient (Wildman–Crippen LogP) is 3.77. The molecule has 3 heteroatoms. The van der Waals surface area contributed by atoms with Gasteiger partial charge in [0, 0.05) is 6.21 Å². The molecule has 0 bridgehead atoms. The van der Waals surface area contributed by atoms with Crippen molar-refractivity contribution in [1.29, 1.82) is 0 Å². The molecule has 2 aromatic rings. The van der Waals surface area contributed by atoms with E-state index in [1.165, 1.54) is 0 Å². The molecule has 0 saturated heterocycles. The number of para-hydroxylation sites is 2. The minimum Gasteiger partial charge on any atom is -0.507 e. The summed E-state index contributed by atoms with van der Waals surface area (Å²) in [6, 6.07) is 11.4. The number of benzene rings is 2. The molecule has 0 amide bonds. The first-order valence-corrected chi connectivity index (χ1v) is 6.09. The van der Waals surface area contributed by atoms with Crippen LogP contribution in [-0.2, 0) is 0 Å². The highest BCUT2D eigenvalue weighted by Gasteiger charge is 2.02. The molecule has 0 spiro atoms. The van der Waals surface area contributed by atoms with Gasteiger partial charge in [-0.3, -0.25) is 4.99 Å². The Hall–Kier alpha value is -2.29. The number of methoxy groups -OCH3 is 1. The van der Waals surface area contributed by atoms with E-state index in [1.807, 2.05) is 50.2 Å². The highest BCUT2D eigenvalue weighted by Crippen LogP contribution is 2.27. The number of aliphatic imine (C=N–C) groups is 1. The maximum atomic E-state index is 9.73. The molecule has 0 saturated carbocycles. The Bertz CT molecular complexity index is 595. The molecule has 0 aliphatic rings. The van der Waals surface area contributed by atoms with E-state index < -0.39 is 0 Å². The maximum Gasteiger partial charge on any atom is 0.144 e. The second-order valence-electron chi connectivity index (χ2n) is 4.43. The molecule has 0 unspecified atom stereocenters. The van der Waals surface area contributed by atoms with Gasteiger partial charge < -0.3 is 9.84 Å². The Morgan fingerprint density at radius 2 is 1.74 bits per heavy atom. The van der Waals surface area contributed by atoms with Crippen molar-refractivity contribution in [2.45, 2.75) is 13.8 Å². The fraction of sp³-hybridized carbons (Fsp3) is 0.188. The van der Waals surface area contributed by atoms with Crippen molar-refractivity contribution < 1.29 is 9.84 Å². The number of rotatable bonds is 3. The van der Waals surface area contributed by atoms with Gasteiger partial charge in [-0.05, 0) is 54.8 Å². The number of ether oxygens (including phenoxy) is 1. The summed E-state index contributed by atoms with van der Waals surface area (Å²) in [6.45, 7) is 3.76. The highest BCUT2D eigenvalue weighted by atomic mass is 16.5. The third kappa shape index (κ3) is 2.94. The van der Waals surface area contributed by atoms with Crippen LogP contribution in [0, 0.1) is 13.8 Å². The van der Waals surface area contributed by atoms with Crippen LogP contribution in [0.2, 0.25) is 0 Å². The summed E-state index contributed by atoms with van der Waals surface area (Å²) in [4.78, 5) is 4.43. The summed E-state index contributed by atoms with van der Waals surface area (Å²) in [6.07, 6.45) is 1.78. The first kappa shape index (κ1) is 13.1. The third-order valence-electron chi connectivity index (χ3n) is 2.95. The molecule has 2 aromatic carbocycles. The van der Waals surface area contributed by atoms with E-state index in [0.29, 0.717) is 5.75 Å². The van der Waals surface area contributed by atoms with Gasteiger partial charge in [0.1, 0.15) is 17.2 Å². The van der Waals surface area contributed by atoms with Crippen molar-refractivity contribution in [2.24, 2.45) is 4.99 Å². The normalized spacial score (nSPS) is 10.9. The van der Waals surface area contributed by atoms with Gasteiger partial charge >= 0.3 is 0 Å². The second-order valence-corrected chi connectivity index (χ2v) is 4.43. The molecule has 2 rings (SSSR count). The van der Waals surface area contributed by atoms with E-state index in [0.717, 1.165) is 28.1 Å². The van der Waals surface area contributed by atoms with Gasteiger partial charge in [-0.2, -0.15) is 0 Å². The van der Waals surface area contributed by atoms with E-state index in [4.69, 9.17) is 4.74 Å². The number of nitrogens with zero attached hydrogens (tertiary/aromatic N) is 1. The summed E-state index contributed by atoms with van der Waals surface area (Å²) in [5, 5.41) is 9.73. The Kier molecular flexibility index (Phi) is 3.85. The van der Waals surface area contributed by atoms with Crippen molar-refractivity contribution in [3.8, 4) is 11.5 Å². The minimum absolute atomic E-state index is 0.342. The molecular weight excluding hydrogens is 238 g/mol. The van der Waals surface area contributed by atoms with Crippen molar-refractivity contribution in [3.63, 3.8) is 0 Å². The van der Waals surface area contributed by atoms with Crippen LogP contribution in [0.5, 0.6) is 11.5 Å². The topological polar surface area (TPSA) is 41.8 Å². The Morgan fingerprint density at radius 3 is 2.37 bits per heavy atom. The Balaban J connectivity index is 2.33. The van der Waals surface area contributed by atoms with Crippen molar-refractivity contribution in [3.05, 3.63) is 53.1 Å². The van der Waals surface area contributed by atoms with Crippen LogP contribution in [0.15, 0.2) is 41.4 Å². The molecule has 0 radical (unpaired) electrons. The summed E-state index contributed by atoms with van der Waals surface area (Å²) in [5.41, 5.74) is 3.44. The van der Waals surface area contributed by atoms with Crippen molar-refractivity contribution >= 4 is 11.9 Å². The number of phenolic OH excluding ortho intramolecular Hbond substituents is 1. The number of hydrogen-bond donors (Lipinski definition) is 1. The van der Waals surface area contributed by atoms with Crippen LogP contribution < -0.4 is 4.74 Å². The van der Waals surface area contributed by atoms with Gasteiger partial charge in [-0.25, -0.2) is 0 Å². The van der Waals surface area contributed by atoms with Crippen molar-refractivity contribution in [1.82, 2.24) is 0 Å². The highest BCUT2D eigenvalue weighted by molar-refractivity contribution is 5.83. The van der Waals surface area contributed by atoms with Crippen LogP contribution in [0.3, 0.4) is 0 Å². The zero-order chi connectivity index (χ0) is 13.8. The fourth-order valence-electron chi connectivity index (χ4n) is 1.94. The Morgan fingerprint density at radius 1 is 1.11 bits per heavy atom. The van der Waals surface area contributed by atoms with E-state index >= 15 is 0 Å². The molecule has 1 N–H and O–H groups in total. The zero-order valence-electron chi connectivity index (χ0n) is 11.3. The van der Waals surface area contributed by atoms with Crippen LogP contribution in [-0.4, -0.2) is 18.4 Å². The SMILES string of the molecule is COc1ccccc1N=Cc1cc(C)c(O)c(C)c1. The summed E-state index contributed by atoms with van der Waals surface area (Å²) >= 11 is 0. The Labute approximate surface area is 113 Å². The van der Waals surface area contributed by atoms with E-state index in [-0.39, 0.29) is 0 Å². The lowest BCUT2D eigenvalue weighted by molar-refractivity contribution is 0.416. The van der Waals surface area contributed by atoms with Crippen molar-refractivity contribution in [2.75, 3.05) is 7.11 Å².